The highest BCUT2D eigenvalue weighted by Crippen LogP contribution is 2.24. The van der Waals surface area contributed by atoms with Gasteiger partial charge in [-0.15, -0.1) is 5.10 Å². The standard InChI is InChI=1S/C23H21FN6O/c24-18-6-7-21-17(12-18)13-22(28-21)23-27-20(15-31-23)14-25-19-5-1-3-16(11-19)4-2-9-30-10-8-26-29-30/h1,3,5-8,10-13,15,25,28H,2,4,9,14H2. The van der Waals surface area contributed by atoms with Crippen molar-refractivity contribution in [3.63, 3.8) is 0 Å². The Morgan fingerprint density at radius 3 is 3.00 bits per heavy atom. The molecule has 156 valence electrons. The van der Waals surface area contributed by atoms with Crippen LogP contribution in [-0.2, 0) is 19.5 Å². The fourth-order valence-corrected chi connectivity index (χ4v) is 3.56. The van der Waals surface area contributed by atoms with Gasteiger partial charge in [-0.1, -0.05) is 17.3 Å². The van der Waals surface area contributed by atoms with E-state index in [1.807, 2.05) is 29.1 Å². The lowest BCUT2D eigenvalue weighted by Gasteiger charge is -2.07. The number of aryl methyl sites for hydroxylation is 2. The van der Waals surface area contributed by atoms with Gasteiger partial charge in [0.05, 0.1) is 18.4 Å². The predicted molar refractivity (Wildman–Crippen MR) is 116 cm³/mol. The molecule has 2 N–H and O–H groups in total. The van der Waals surface area contributed by atoms with Crippen LogP contribution < -0.4 is 5.32 Å². The topological polar surface area (TPSA) is 84.6 Å². The minimum absolute atomic E-state index is 0.268. The van der Waals surface area contributed by atoms with E-state index in [1.165, 1.54) is 17.7 Å². The molecule has 0 aliphatic carbocycles. The number of fused-ring (bicyclic) bond motifs is 1. The first-order chi connectivity index (χ1) is 15.2. The van der Waals surface area contributed by atoms with Crippen LogP contribution in [0, 0.1) is 5.82 Å². The van der Waals surface area contributed by atoms with E-state index >= 15 is 0 Å². The van der Waals surface area contributed by atoms with Gasteiger partial charge in [0.1, 0.15) is 17.8 Å². The van der Waals surface area contributed by atoms with Crippen LogP contribution in [0.15, 0.2) is 71.6 Å². The van der Waals surface area contributed by atoms with E-state index in [0.717, 1.165) is 47.4 Å². The summed E-state index contributed by atoms with van der Waals surface area (Å²) in [7, 11) is 0. The average Bonchev–Trinajstić information content (AvgIpc) is 3.53. The first kappa shape index (κ1) is 19.0. The van der Waals surface area contributed by atoms with E-state index in [1.54, 1.807) is 18.5 Å². The maximum absolute atomic E-state index is 13.4. The van der Waals surface area contributed by atoms with E-state index in [9.17, 15) is 4.39 Å². The van der Waals surface area contributed by atoms with Crippen molar-refractivity contribution in [1.82, 2.24) is 25.0 Å². The minimum atomic E-state index is -0.268. The smallest absolute Gasteiger partial charge is 0.243 e. The molecule has 7 nitrogen and oxygen atoms in total. The van der Waals surface area contributed by atoms with Crippen LogP contribution in [0.1, 0.15) is 17.7 Å². The number of aromatic nitrogens is 5. The van der Waals surface area contributed by atoms with Crippen LogP contribution in [0.25, 0.3) is 22.5 Å². The number of nitrogens with zero attached hydrogens (tertiary/aromatic N) is 4. The van der Waals surface area contributed by atoms with Gasteiger partial charge >= 0.3 is 0 Å². The lowest BCUT2D eigenvalue weighted by atomic mass is 10.1. The van der Waals surface area contributed by atoms with Crippen LogP contribution in [-0.4, -0.2) is 25.0 Å². The Morgan fingerprint density at radius 1 is 1.13 bits per heavy atom. The number of anilines is 1. The zero-order valence-corrected chi connectivity index (χ0v) is 16.8. The number of rotatable bonds is 8. The van der Waals surface area contributed by atoms with Gasteiger partial charge in [0.25, 0.3) is 0 Å². The number of benzene rings is 2. The first-order valence-electron chi connectivity index (χ1n) is 10.1. The molecule has 0 amide bonds. The van der Waals surface area contributed by atoms with Gasteiger partial charge < -0.3 is 14.7 Å². The summed E-state index contributed by atoms with van der Waals surface area (Å²) >= 11 is 0. The van der Waals surface area contributed by atoms with E-state index in [4.69, 9.17) is 4.42 Å². The average molecular weight is 416 g/mol. The van der Waals surface area contributed by atoms with Crippen LogP contribution in [0.3, 0.4) is 0 Å². The fraction of sp³-hybridized carbons (Fsp3) is 0.174. The summed E-state index contributed by atoms with van der Waals surface area (Å²) in [4.78, 5) is 7.75. The van der Waals surface area contributed by atoms with E-state index in [0.29, 0.717) is 12.4 Å². The molecule has 8 heteroatoms. The normalized spacial score (nSPS) is 11.3. The monoisotopic (exact) mass is 416 g/mol. The molecule has 31 heavy (non-hydrogen) atoms. The van der Waals surface area contributed by atoms with Crippen molar-refractivity contribution >= 4 is 16.6 Å². The molecular formula is C23H21FN6O. The largest absolute Gasteiger partial charge is 0.443 e. The molecule has 0 saturated carbocycles. The zero-order valence-electron chi connectivity index (χ0n) is 16.8. The lowest BCUT2D eigenvalue weighted by molar-refractivity contribution is 0.559. The zero-order chi connectivity index (χ0) is 21.0. The number of H-pyrrole nitrogens is 1. The third kappa shape index (κ3) is 4.48. The summed E-state index contributed by atoms with van der Waals surface area (Å²) in [6, 6.07) is 14.8. The SMILES string of the molecule is Fc1ccc2[nH]c(-c3nc(CNc4cccc(CCCn5ccnn5)c4)co3)cc2c1. The highest BCUT2D eigenvalue weighted by Gasteiger charge is 2.10. The quantitative estimate of drug-likeness (QED) is 0.380. The van der Waals surface area contributed by atoms with Gasteiger partial charge in [-0.25, -0.2) is 9.37 Å². The molecule has 0 aliphatic heterocycles. The minimum Gasteiger partial charge on any atom is -0.443 e. The van der Waals surface area contributed by atoms with Crippen molar-refractivity contribution in [2.45, 2.75) is 25.9 Å². The molecule has 5 aromatic rings. The highest BCUT2D eigenvalue weighted by molar-refractivity contribution is 5.84. The van der Waals surface area contributed by atoms with Crippen LogP contribution >= 0.6 is 0 Å². The predicted octanol–water partition coefficient (Wildman–Crippen LogP) is 4.80. The molecule has 3 heterocycles. The number of oxazole rings is 1. The molecule has 0 bridgehead atoms. The fourth-order valence-electron chi connectivity index (χ4n) is 3.56. The number of nitrogens with one attached hydrogen (secondary N) is 2. The first-order valence-corrected chi connectivity index (χ1v) is 10.1. The molecule has 0 spiro atoms. The Labute approximate surface area is 177 Å². The van der Waals surface area contributed by atoms with E-state index < -0.39 is 0 Å². The second kappa shape index (κ2) is 8.43. The molecule has 0 aliphatic rings. The maximum Gasteiger partial charge on any atom is 0.243 e. The molecule has 0 unspecified atom stereocenters. The van der Waals surface area contributed by atoms with Gasteiger partial charge in [-0.3, -0.25) is 4.68 Å². The molecular weight excluding hydrogens is 395 g/mol. The van der Waals surface area contributed by atoms with Crippen molar-refractivity contribution in [1.29, 1.82) is 0 Å². The van der Waals surface area contributed by atoms with Gasteiger partial charge in [-0.05, 0) is 54.8 Å². The van der Waals surface area contributed by atoms with Gasteiger partial charge in [0, 0.05) is 29.3 Å². The third-order valence-corrected chi connectivity index (χ3v) is 5.09. The summed E-state index contributed by atoms with van der Waals surface area (Å²) in [6.45, 7) is 1.39. The second-order valence-electron chi connectivity index (χ2n) is 7.38. The molecule has 0 radical (unpaired) electrons. The van der Waals surface area contributed by atoms with Crippen LogP contribution in [0.4, 0.5) is 10.1 Å². The molecule has 5 rings (SSSR count). The summed E-state index contributed by atoms with van der Waals surface area (Å²) < 4.78 is 20.9. The van der Waals surface area contributed by atoms with E-state index in [-0.39, 0.29) is 5.82 Å². The maximum atomic E-state index is 13.4. The number of hydrogen-bond acceptors (Lipinski definition) is 5. The second-order valence-corrected chi connectivity index (χ2v) is 7.38. The number of halogens is 1. The Balaban J connectivity index is 1.20. The summed E-state index contributed by atoms with van der Waals surface area (Å²) in [5.41, 5.74) is 4.65. The summed E-state index contributed by atoms with van der Waals surface area (Å²) in [6.07, 6.45) is 7.16. The molecule has 0 fully saturated rings. The molecule has 0 saturated heterocycles. The van der Waals surface area contributed by atoms with Crippen molar-refractivity contribution < 1.29 is 8.81 Å². The van der Waals surface area contributed by atoms with Crippen molar-refractivity contribution in [3.05, 3.63) is 84.3 Å². The molecule has 0 atom stereocenters. The van der Waals surface area contributed by atoms with Crippen LogP contribution in [0.5, 0.6) is 0 Å². The Hall–Kier alpha value is -3.94. The highest BCUT2D eigenvalue weighted by atomic mass is 19.1. The van der Waals surface area contributed by atoms with Gasteiger partial charge in [0.2, 0.25) is 5.89 Å². The van der Waals surface area contributed by atoms with Gasteiger partial charge in [0.15, 0.2) is 0 Å². The van der Waals surface area contributed by atoms with Crippen molar-refractivity contribution in [2.75, 3.05) is 5.32 Å². The van der Waals surface area contributed by atoms with Crippen LogP contribution in [0.2, 0.25) is 0 Å². The molecule has 3 aromatic heterocycles. The third-order valence-electron chi connectivity index (χ3n) is 5.09. The Morgan fingerprint density at radius 2 is 2.10 bits per heavy atom. The summed E-state index contributed by atoms with van der Waals surface area (Å²) in [5, 5.41) is 12.0. The Kier molecular flexibility index (Phi) is 5.18. The van der Waals surface area contributed by atoms with Crippen molar-refractivity contribution in [3.8, 4) is 11.6 Å². The number of aromatic amines is 1. The van der Waals surface area contributed by atoms with E-state index in [2.05, 4.69) is 37.7 Å². The van der Waals surface area contributed by atoms with Crippen molar-refractivity contribution in [2.24, 2.45) is 0 Å². The lowest BCUT2D eigenvalue weighted by Crippen LogP contribution is -2.02. The summed E-state index contributed by atoms with van der Waals surface area (Å²) in [5.74, 6) is 0.214. The Bertz CT molecular complexity index is 1290. The number of hydrogen-bond donors (Lipinski definition) is 2. The van der Waals surface area contributed by atoms with Gasteiger partial charge in [-0.2, -0.15) is 0 Å². The molecule has 2 aromatic carbocycles.